The summed E-state index contributed by atoms with van der Waals surface area (Å²) in [5, 5.41) is 3.15. The zero-order chi connectivity index (χ0) is 23.1. The number of ether oxygens (including phenoxy) is 4. The number of nitrogens with zero attached hydrogens (tertiary/aromatic N) is 1. The predicted octanol–water partition coefficient (Wildman–Crippen LogP) is 3.63. The first kappa shape index (κ1) is 23.3. The van der Waals surface area contributed by atoms with E-state index in [-0.39, 0.29) is 18.4 Å². The fourth-order valence-corrected chi connectivity index (χ4v) is 3.44. The van der Waals surface area contributed by atoms with Crippen molar-refractivity contribution in [2.45, 2.75) is 6.92 Å². The largest absolute Gasteiger partial charge is 0.493 e. The van der Waals surface area contributed by atoms with Gasteiger partial charge in [0.1, 0.15) is 19.8 Å². The highest BCUT2D eigenvalue weighted by molar-refractivity contribution is 6.32. The minimum absolute atomic E-state index is 0.0964. The van der Waals surface area contributed by atoms with Crippen LogP contribution < -0.4 is 24.3 Å². The number of nitrogens with one attached hydrogen (secondary N) is 1. The summed E-state index contributed by atoms with van der Waals surface area (Å²) in [4.78, 5) is 26.5. The van der Waals surface area contributed by atoms with E-state index in [0.29, 0.717) is 59.0 Å². The molecule has 2 aromatic carbocycles. The van der Waals surface area contributed by atoms with Gasteiger partial charge in [0.05, 0.1) is 19.2 Å². The maximum atomic E-state index is 12.6. The highest BCUT2D eigenvalue weighted by atomic mass is 35.5. The van der Waals surface area contributed by atoms with Crippen LogP contribution in [-0.4, -0.2) is 57.2 Å². The van der Waals surface area contributed by atoms with Crippen LogP contribution in [0.2, 0.25) is 5.02 Å². The second-order valence-electron chi connectivity index (χ2n) is 6.83. The summed E-state index contributed by atoms with van der Waals surface area (Å²) >= 11 is 6.20. The Kier molecular flexibility index (Phi) is 7.83. The van der Waals surface area contributed by atoms with Gasteiger partial charge in [0, 0.05) is 24.4 Å². The van der Waals surface area contributed by atoms with Crippen LogP contribution in [0.1, 0.15) is 12.5 Å². The van der Waals surface area contributed by atoms with Gasteiger partial charge in [-0.05, 0) is 42.8 Å². The summed E-state index contributed by atoms with van der Waals surface area (Å²) in [6.45, 7) is 3.02. The fourth-order valence-electron chi connectivity index (χ4n) is 3.15. The molecule has 2 amide bonds. The summed E-state index contributed by atoms with van der Waals surface area (Å²) in [6, 6.07) is 8.54. The molecule has 2 aromatic rings. The Hall–Kier alpha value is -3.39. The quantitative estimate of drug-likeness (QED) is 0.605. The second-order valence-corrected chi connectivity index (χ2v) is 7.24. The number of hydrogen-bond acceptors (Lipinski definition) is 6. The molecule has 0 spiro atoms. The number of halogens is 1. The van der Waals surface area contributed by atoms with Gasteiger partial charge < -0.3 is 29.2 Å². The van der Waals surface area contributed by atoms with E-state index >= 15 is 0 Å². The van der Waals surface area contributed by atoms with E-state index in [0.717, 1.165) is 0 Å². The molecule has 0 unspecified atom stereocenters. The summed E-state index contributed by atoms with van der Waals surface area (Å²) in [5.41, 5.74) is 1.23. The van der Waals surface area contributed by atoms with Gasteiger partial charge in [-0.2, -0.15) is 0 Å². The standard InChI is InChI=1S/C23H25ClN2O6/c1-4-26(14-21(27)25-16-6-7-18-19(13-16)32-10-9-31-18)22(28)8-5-15-11-17(24)23(30-3)20(12-15)29-2/h5-8,11-13H,4,9-10,14H2,1-3H3,(H,25,27)/b8-5+. The zero-order valence-corrected chi connectivity index (χ0v) is 18.9. The second kappa shape index (κ2) is 10.8. The molecule has 1 N–H and O–H groups in total. The number of rotatable bonds is 8. The summed E-state index contributed by atoms with van der Waals surface area (Å²) in [7, 11) is 3.00. The number of carbonyl (C=O) groups excluding carboxylic acids is 2. The van der Waals surface area contributed by atoms with Crippen LogP contribution in [0.4, 0.5) is 5.69 Å². The Morgan fingerprint density at radius 2 is 1.88 bits per heavy atom. The average molecular weight is 461 g/mol. The lowest BCUT2D eigenvalue weighted by molar-refractivity contribution is -0.130. The summed E-state index contributed by atoms with van der Waals surface area (Å²) < 4.78 is 21.5. The third kappa shape index (κ3) is 5.64. The number of amides is 2. The van der Waals surface area contributed by atoms with E-state index in [9.17, 15) is 9.59 Å². The molecule has 0 fully saturated rings. The predicted molar refractivity (Wildman–Crippen MR) is 122 cm³/mol. The van der Waals surface area contributed by atoms with Crippen LogP contribution in [-0.2, 0) is 9.59 Å². The number of hydrogen-bond donors (Lipinski definition) is 1. The van der Waals surface area contributed by atoms with Crippen LogP contribution >= 0.6 is 11.6 Å². The van der Waals surface area contributed by atoms with Gasteiger partial charge >= 0.3 is 0 Å². The molecule has 1 heterocycles. The first-order valence-electron chi connectivity index (χ1n) is 10.0. The minimum Gasteiger partial charge on any atom is -0.493 e. The normalized spacial score (nSPS) is 12.4. The molecule has 0 aromatic heterocycles. The van der Waals surface area contributed by atoms with Gasteiger partial charge in [0.2, 0.25) is 11.8 Å². The van der Waals surface area contributed by atoms with Gasteiger partial charge in [0.25, 0.3) is 0 Å². The number of methoxy groups -OCH3 is 2. The first-order chi connectivity index (χ1) is 15.4. The van der Waals surface area contributed by atoms with Crippen LogP contribution in [0, 0.1) is 0 Å². The lowest BCUT2D eigenvalue weighted by Gasteiger charge is -2.20. The van der Waals surface area contributed by atoms with Crippen LogP contribution in [0.3, 0.4) is 0 Å². The van der Waals surface area contributed by atoms with Gasteiger partial charge in [-0.3, -0.25) is 9.59 Å². The molecule has 3 rings (SSSR count). The molecule has 0 saturated carbocycles. The average Bonchev–Trinajstić information content (AvgIpc) is 2.80. The van der Waals surface area contributed by atoms with Crippen molar-refractivity contribution in [1.29, 1.82) is 0 Å². The Balaban J connectivity index is 1.63. The highest BCUT2D eigenvalue weighted by Gasteiger charge is 2.16. The van der Waals surface area contributed by atoms with E-state index in [1.54, 1.807) is 43.3 Å². The van der Waals surface area contributed by atoms with Crippen molar-refractivity contribution in [2.24, 2.45) is 0 Å². The molecule has 32 heavy (non-hydrogen) atoms. The van der Waals surface area contributed by atoms with E-state index in [4.69, 9.17) is 30.5 Å². The maximum absolute atomic E-state index is 12.6. The van der Waals surface area contributed by atoms with E-state index < -0.39 is 0 Å². The maximum Gasteiger partial charge on any atom is 0.247 e. The van der Waals surface area contributed by atoms with Crippen molar-refractivity contribution in [2.75, 3.05) is 45.8 Å². The molecular weight excluding hydrogens is 436 g/mol. The van der Waals surface area contributed by atoms with Crippen molar-refractivity contribution in [3.63, 3.8) is 0 Å². The van der Waals surface area contributed by atoms with E-state index in [1.165, 1.54) is 25.2 Å². The highest BCUT2D eigenvalue weighted by Crippen LogP contribution is 2.36. The summed E-state index contributed by atoms with van der Waals surface area (Å²) in [6.07, 6.45) is 3.00. The molecule has 1 aliphatic rings. The number of carbonyl (C=O) groups is 2. The number of benzene rings is 2. The third-order valence-electron chi connectivity index (χ3n) is 4.73. The van der Waals surface area contributed by atoms with Gasteiger partial charge in [0.15, 0.2) is 23.0 Å². The Labute approximate surface area is 191 Å². The molecule has 0 bridgehead atoms. The van der Waals surface area contributed by atoms with E-state index in [1.807, 2.05) is 0 Å². The molecule has 0 saturated heterocycles. The fraction of sp³-hybridized carbons (Fsp3) is 0.304. The number of likely N-dealkylation sites (N-methyl/N-ethyl adjacent to an activating group) is 1. The molecule has 0 atom stereocenters. The zero-order valence-electron chi connectivity index (χ0n) is 18.1. The molecule has 8 nitrogen and oxygen atoms in total. The topological polar surface area (TPSA) is 86.3 Å². The number of fused-ring (bicyclic) bond motifs is 1. The minimum atomic E-state index is -0.320. The van der Waals surface area contributed by atoms with Crippen molar-refractivity contribution >= 4 is 35.2 Å². The smallest absolute Gasteiger partial charge is 0.247 e. The van der Waals surface area contributed by atoms with Crippen LogP contribution in [0.5, 0.6) is 23.0 Å². The SMILES string of the molecule is CCN(CC(=O)Nc1ccc2c(c1)OCCO2)C(=O)/C=C/c1cc(Cl)c(OC)c(OC)c1. The Morgan fingerprint density at radius 3 is 2.56 bits per heavy atom. The molecule has 9 heteroatoms. The Morgan fingerprint density at radius 1 is 1.12 bits per heavy atom. The first-order valence-corrected chi connectivity index (χ1v) is 10.4. The van der Waals surface area contributed by atoms with Crippen molar-refractivity contribution in [3.05, 3.63) is 47.0 Å². The lowest BCUT2D eigenvalue weighted by Crippen LogP contribution is -2.36. The van der Waals surface area contributed by atoms with E-state index in [2.05, 4.69) is 5.32 Å². The molecule has 0 aliphatic carbocycles. The van der Waals surface area contributed by atoms with Gasteiger partial charge in [-0.25, -0.2) is 0 Å². The molecule has 0 radical (unpaired) electrons. The molecule has 1 aliphatic heterocycles. The van der Waals surface area contributed by atoms with Gasteiger partial charge in [-0.1, -0.05) is 11.6 Å². The molecule has 170 valence electrons. The number of anilines is 1. The third-order valence-corrected chi connectivity index (χ3v) is 5.01. The van der Waals surface area contributed by atoms with Gasteiger partial charge in [-0.15, -0.1) is 0 Å². The lowest BCUT2D eigenvalue weighted by atomic mass is 10.2. The Bertz CT molecular complexity index is 1020. The molecular formula is C23H25ClN2O6. The van der Waals surface area contributed by atoms with Crippen molar-refractivity contribution in [1.82, 2.24) is 4.90 Å². The van der Waals surface area contributed by atoms with Crippen LogP contribution in [0.25, 0.3) is 6.08 Å². The van der Waals surface area contributed by atoms with Crippen LogP contribution in [0.15, 0.2) is 36.4 Å². The monoisotopic (exact) mass is 460 g/mol. The summed E-state index contributed by atoms with van der Waals surface area (Å²) in [5.74, 6) is 1.46. The van der Waals surface area contributed by atoms with Crippen molar-refractivity contribution < 1.29 is 28.5 Å². The van der Waals surface area contributed by atoms with Crippen molar-refractivity contribution in [3.8, 4) is 23.0 Å².